The molecule has 0 radical (unpaired) electrons. The van der Waals surface area contributed by atoms with Gasteiger partial charge in [0.05, 0.1) is 6.42 Å². The fourth-order valence-corrected chi connectivity index (χ4v) is 7.59. The van der Waals surface area contributed by atoms with Gasteiger partial charge in [0.15, 0.2) is 0 Å². The van der Waals surface area contributed by atoms with E-state index < -0.39 is 60.0 Å². The van der Waals surface area contributed by atoms with Gasteiger partial charge in [-0.25, -0.2) is 9.59 Å². The van der Waals surface area contributed by atoms with Gasteiger partial charge in [-0.15, -0.1) is 0 Å². The van der Waals surface area contributed by atoms with E-state index in [4.69, 9.17) is 14.2 Å². The van der Waals surface area contributed by atoms with Crippen molar-refractivity contribution in [2.75, 3.05) is 6.61 Å². The number of fused-ring (bicyclic) bond motifs is 3. The van der Waals surface area contributed by atoms with Gasteiger partial charge in [0.25, 0.3) is 0 Å². The summed E-state index contributed by atoms with van der Waals surface area (Å²) in [6.07, 6.45) is 4.30. The zero-order valence-corrected chi connectivity index (χ0v) is 33.3. The molecule has 0 saturated heterocycles. The topological polar surface area (TPSA) is 149 Å². The van der Waals surface area contributed by atoms with Gasteiger partial charge in [0.2, 0.25) is 11.8 Å². The maximum Gasteiger partial charge on any atom is 0.407 e. The number of ether oxygens (including phenoxy) is 3. The lowest BCUT2D eigenvalue weighted by molar-refractivity contribution is -0.156. The van der Waals surface area contributed by atoms with Gasteiger partial charge in [-0.2, -0.15) is 0 Å². The van der Waals surface area contributed by atoms with Crippen LogP contribution in [0.25, 0.3) is 11.1 Å². The number of carbonyl (C=O) groups is 5. The van der Waals surface area contributed by atoms with Crippen molar-refractivity contribution in [1.82, 2.24) is 16.0 Å². The number of amides is 3. The highest BCUT2D eigenvalue weighted by molar-refractivity contribution is 5.95. The van der Waals surface area contributed by atoms with E-state index in [9.17, 15) is 24.0 Å². The van der Waals surface area contributed by atoms with Crippen molar-refractivity contribution in [2.45, 2.75) is 122 Å². The number of esters is 2. The highest BCUT2D eigenvalue weighted by Gasteiger charge is 2.35. The first-order chi connectivity index (χ1) is 26.8. The maximum absolute atomic E-state index is 14.2. The van der Waals surface area contributed by atoms with Crippen molar-refractivity contribution in [1.29, 1.82) is 0 Å². The number of hydrogen-bond donors (Lipinski definition) is 3. The van der Waals surface area contributed by atoms with E-state index in [-0.39, 0.29) is 37.4 Å². The monoisotopic (exact) mass is 767 g/mol. The summed E-state index contributed by atoms with van der Waals surface area (Å²) in [5.74, 6) is -2.72. The summed E-state index contributed by atoms with van der Waals surface area (Å²) < 4.78 is 16.9. The number of carbonyl (C=O) groups excluding carboxylic acids is 5. The molecule has 0 aliphatic heterocycles. The Hall–Kier alpha value is -5.19. The summed E-state index contributed by atoms with van der Waals surface area (Å²) in [6, 6.07) is 21.8. The van der Waals surface area contributed by atoms with Crippen molar-refractivity contribution >= 4 is 29.8 Å². The minimum atomic E-state index is -1.41. The molecule has 1 saturated carbocycles. The van der Waals surface area contributed by atoms with Gasteiger partial charge in [-0.05, 0) is 73.3 Å². The van der Waals surface area contributed by atoms with Gasteiger partial charge < -0.3 is 30.2 Å². The summed E-state index contributed by atoms with van der Waals surface area (Å²) in [5, 5.41) is 8.27. The fraction of sp³-hybridized carbons (Fsp3) is 0.489. The first kappa shape index (κ1) is 42.0. The molecule has 1 unspecified atom stereocenters. The highest BCUT2D eigenvalue weighted by atomic mass is 16.6. The normalized spacial score (nSPS) is 15.8. The molecule has 300 valence electrons. The van der Waals surface area contributed by atoms with Gasteiger partial charge in [-0.1, -0.05) is 125 Å². The Kier molecular flexibility index (Phi) is 14.7. The molecule has 3 atom stereocenters. The molecule has 5 rings (SSSR count). The summed E-state index contributed by atoms with van der Waals surface area (Å²) in [6.45, 7) is 9.03. The summed E-state index contributed by atoms with van der Waals surface area (Å²) in [5.41, 5.74) is 4.27. The second-order valence-electron chi connectivity index (χ2n) is 16.4. The molecule has 3 amide bonds. The molecule has 0 aromatic heterocycles. The second-order valence-corrected chi connectivity index (χ2v) is 16.4. The molecule has 11 heteroatoms. The third kappa shape index (κ3) is 12.2. The Labute approximate surface area is 330 Å². The van der Waals surface area contributed by atoms with Crippen LogP contribution in [0.2, 0.25) is 0 Å². The summed E-state index contributed by atoms with van der Waals surface area (Å²) >= 11 is 0. The molecular formula is C45H57N3O8. The number of alkyl carbamates (subject to hydrolysis) is 1. The highest BCUT2D eigenvalue weighted by Crippen LogP contribution is 2.44. The minimum absolute atomic E-state index is 0.00440. The quantitative estimate of drug-likeness (QED) is 0.101. The van der Waals surface area contributed by atoms with Gasteiger partial charge in [-0.3, -0.25) is 14.4 Å². The lowest BCUT2D eigenvalue weighted by atomic mass is 9.84. The van der Waals surface area contributed by atoms with E-state index in [1.54, 1.807) is 20.8 Å². The van der Waals surface area contributed by atoms with Crippen molar-refractivity contribution in [3.8, 4) is 11.1 Å². The first-order valence-corrected chi connectivity index (χ1v) is 19.9. The zero-order valence-electron chi connectivity index (χ0n) is 33.3. The Bertz CT molecular complexity index is 1770. The first-order valence-electron chi connectivity index (χ1n) is 19.9. The van der Waals surface area contributed by atoms with Crippen LogP contribution in [0.15, 0.2) is 78.9 Å². The maximum atomic E-state index is 14.2. The van der Waals surface area contributed by atoms with Crippen LogP contribution in [0.5, 0.6) is 0 Å². The summed E-state index contributed by atoms with van der Waals surface area (Å²) in [4.78, 5) is 68.1. The van der Waals surface area contributed by atoms with Crippen molar-refractivity contribution in [2.24, 2.45) is 11.8 Å². The molecule has 0 bridgehead atoms. The number of hydrogen-bond acceptors (Lipinski definition) is 8. The Morgan fingerprint density at radius 2 is 1.27 bits per heavy atom. The van der Waals surface area contributed by atoms with E-state index in [0.717, 1.165) is 59.9 Å². The van der Waals surface area contributed by atoms with Crippen LogP contribution >= 0.6 is 0 Å². The molecular weight excluding hydrogens is 711 g/mol. The van der Waals surface area contributed by atoms with Crippen LogP contribution in [0.4, 0.5) is 4.79 Å². The molecule has 2 aliphatic carbocycles. The summed E-state index contributed by atoms with van der Waals surface area (Å²) in [7, 11) is 0. The van der Waals surface area contributed by atoms with Crippen LogP contribution in [-0.2, 0) is 40.0 Å². The van der Waals surface area contributed by atoms with Gasteiger partial charge >= 0.3 is 18.0 Å². The largest absolute Gasteiger partial charge is 0.460 e. The van der Waals surface area contributed by atoms with E-state index >= 15 is 0 Å². The third-order valence-corrected chi connectivity index (χ3v) is 10.2. The van der Waals surface area contributed by atoms with Gasteiger partial charge in [0, 0.05) is 5.92 Å². The standard InChI is InChI=1S/C45H57N3O8/c1-29(2)24-39(43(52)54-27-31-18-10-7-11-19-31)47-42(51)38(26-40(49)56-45(3,4)5)46-41(50)37(25-30-16-8-6-9-17-30)48-44(53)55-28-36-34-22-14-12-20-32(34)33-21-13-15-23-35(33)36/h7,10-15,18-23,29-30,36-39H,6,8-9,16-17,24-28H2,1-5H3,(H,46,50)(H,47,51)(H,48,53)/t37-,38+,39?/m1/s1. The minimum Gasteiger partial charge on any atom is -0.460 e. The van der Waals surface area contributed by atoms with E-state index in [1.165, 1.54) is 0 Å². The molecule has 2 aliphatic rings. The molecule has 1 fully saturated rings. The number of benzene rings is 3. The molecule has 3 N–H and O–H groups in total. The fourth-order valence-electron chi connectivity index (χ4n) is 7.59. The third-order valence-electron chi connectivity index (χ3n) is 10.2. The van der Waals surface area contributed by atoms with E-state index in [2.05, 4.69) is 28.1 Å². The van der Waals surface area contributed by atoms with Crippen LogP contribution < -0.4 is 16.0 Å². The van der Waals surface area contributed by atoms with Crippen LogP contribution in [0, 0.1) is 11.8 Å². The van der Waals surface area contributed by atoms with Crippen LogP contribution in [0.3, 0.4) is 0 Å². The van der Waals surface area contributed by atoms with Crippen molar-refractivity contribution in [3.63, 3.8) is 0 Å². The molecule has 11 nitrogen and oxygen atoms in total. The lowest BCUT2D eigenvalue weighted by Crippen LogP contribution is -2.57. The molecule has 0 heterocycles. The average Bonchev–Trinajstić information content (AvgIpc) is 3.48. The van der Waals surface area contributed by atoms with Crippen LogP contribution in [-0.4, -0.2) is 60.2 Å². The molecule has 3 aromatic carbocycles. The molecule has 0 spiro atoms. The number of rotatable bonds is 16. The Morgan fingerprint density at radius 1 is 0.696 bits per heavy atom. The zero-order chi connectivity index (χ0) is 40.2. The van der Waals surface area contributed by atoms with Crippen LogP contribution in [0.1, 0.15) is 109 Å². The molecule has 56 heavy (non-hydrogen) atoms. The lowest BCUT2D eigenvalue weighted by Gasteiger charge is -2.29. The number of nitrogens with one attached hydrogen (secondary N) is 3. The smallest absolute Gasteiger partial charge is 0.407 e. The SMILES string of the molecule is CC(C)CC(NC(=O)[C@H](CC(=O)OC(C)(C)C)NC(=O)[C@@H](CC1CCCCC1)NC(=O)OCC1c2ccccc2-c2ccccc21)C(=O)OCc1ccccc1. The molecule has 3 aromatic rings. The van der Waals surface area contributed by atoms with E-state index in [1.807, 2.05) is 80.6 Å². The van der Waals surface area contributed by atoms with Crippen molar-refractivity contribution < 1.29 is 38.2 Å². The Balaban J connectivity index is 1.31. The van der Waals surface area contributed by atoms with E-state index in [0.29, 0.717) is 6.42 Å². The predicted octanol–water partition coefficient (Wildman–Crippen LogP) is 7.36. The predicted molar refractivity (Wildman–Crippen MR) is 213 cm³/mol. The second kappa shape index (κ2) is 19.6. The van der Waals surface area contributed by atoms with Crippen molar-refractivity contribution in [3.05, 3.63) is 95.6 Å². The Morgan fingerprint density at radius 3 is 1.88 bits per heavy atom. The van der Waals surface area contributed by atoms with Gasteiger partial charge in [0.1, 0.15) is 36.9 Å². The average molecular weight is 768 g/mol.